The van der Waals surface area contributed by atoms with E-state index in [0.717, 1.165) is 12.1 Å². The van der Waals surface area contributed by atoms with Gasteiger partial charge in [-0.05, 0) is 24.6 Å². The Morgan fingerprint density at radius 3 is 2.58 bits per heavy atom. The highest BCUT2D eigenvalue weighted by molar-refractivity contribution is 6.33. The van der Waals surface area contributed by atoms with Gasteiger partial charge in [0.1, 0.15) is 0 Å². The zero-order chi connectivity index (χ0) is 14.6. The van der Waals surface area contributed by atoms with E-state index in [1.807, 2.05) is 0 Å². The minimum atomic E-state index is -4.45. The summed E-state index contributed by atoms with van der Waals surface area (Å²) < 4.78 is 37.4. The predicted octanol–water partition coefficient (Wildman–Crippen LogP) is 3.30. The topological polar surface area (TPSA) is 70.6 Å². The summed E-state index contributed by atoms with van der Waals surface area (Å²) in [6, 6.07) is 2.42. The zero-order valence-electron chi connectivity index (χ0n) is 10.0. The number of benzene rings is 1. The molecular formula is C11H13ClF3N3O. The normalized spacial score (nSPS) is 14.3. The van der Waals surface area contributed by atoms with E-state index in [2.05, 4.69) is 10.5 Å². The third-order valence-electron chi connectivity index (χ3n) is 2.51. The second kappa shape index (κ2) is 6.01. The number of nitrogens with two attached hydrogens (primary N) is 1. The highest BCUT2D eigenvalue weighted by Gasteiger charge is 2.31. The van der Waals surface area contributed by atoms with E-state index in [4.69, 9.17) is 22.5 Å². The van der Waals surface area contributed by atoms with Crippen LogP contribution in [0, 0.1) is 0 Å². The van der Waals surface area contributed by atoms with Crippen molar-refractivity contribution < 1.29 is 18.4 Å². The maximum absolute atomic E-state index is 12.5. The van der Waals surface area contributed by atoms with E-state index in [9.17, 15) is 13.2 Å². The maximum atomic E-state index is 12.5. The molecular weight excluding hydrogens is 283 g/mol. The number of oxime groups is 1. The van der Waals surface area contributed by atoms with Crippen molar-refractivity contribution in [2.45, 2.75) is 25.6 Å². The van der Waals surface area contributed by atoms with Crippen molar-refractivity contribution in [2.75, 3.05) is 5.32 Å². The molecule has 1 atom stereocenters. The minimum absolute atomic E-state index is 0.0709. The molecule has 0 saturated heterocycles. The number of hydrogen-bond donors (Lipinski definition) is 3. The molecule has 0 fully saturated rings. The monoisotopic (exact) mass is 295 g/mol. The van der Waals surface area contributed by atoms with E-state index in [1.165, 1.54) is 6.07 Å². The van der Waals surface area contributed by atoms with Crippen LogP contribution in [0.25, 0.3) is 0 Å². The largest absolute Gasteiger partial charge is 0.416 e. The number of rotatable bonds is 4. The molecule has 0 bridgehead atoms. The Hall–Kier alpha value is -1.63. The highest BCUT2D eigenvalue weighted by atomic mass is 35.5. The average Bonchev–Trinajstić information content (AvgIpc) is 2.35. The second-order valence-corrected chi connectivity index (χ2v) is 4.23. The van der Waals surface area contributed by atoms with Gasteiger partial charge in [-0.25, -0.2) is 0 Å². The molecule has 4 nitrogen and oxygen atoms in total. The van der Waals surface area contributed by atoms with E-state index in [0.29, 0.717) is 6.42 Å². The van der Waals surface area contributed by atoms with Gasteiger partial charge in [0.25, 0.3) is 0 Å². The van der Waals surface area contributed by atoms with Crippen LogP contribution in [0.1, 0.15) is 18.9 Å². The first-order chi connectivity index (χ1) is 8.79. The number of hydrogen-bond acceptors (Lipinski definition) is 3. The Balaban J connectivity index is 2.97. The minimum Gasteiger partial charge on any atom is -0.409 e. The van der Waals surface area contributed by atoms with Crippen molar-refractivity contribution in [1.82, 2.24) is 0 Å². The predicted molar refractivity (Wildman–Crippen MR) is 67.6 cm³/mol. The maximum Gasteiger partial charge on any atom is 0.416 e. The summed E-state index contributed by atoms with van der Waals surface area (Å²) in [5.41, 5.74) is 4.89. The van der Waals surface area contributed by atoms with Crippen molar-refractivity contribution in [3.63, 3.8) is 0 Å². The smallest absolute Gasteiger partial charge is 0.409 e. The van der Waals surface area contributed by atoms with Gasteiger partial charge >= 0.3 is 6.18 Å². The van der Waals surface area contributed by atoms with Crippen LogP contribution in [-0.2, 0) is 6.18 Å². The lowest BCUT2D eigenvalue weighted by Crippen LogP contribution is -2.35. The van der Waals surface area contributed by atoms with Crippen LogP contribution in [-0.4, -0.2) is 17.1 Å². The fraction of sp³-hybridized carbons (Fsp3) is 0.364. The SMILES string of the molecule is CCC(Nc1ccc(C(F)(F)F)cc1Cl)C(N)=NO. The number of nitrogens with zero attached hydrogens (tertiary/aromatic N) is 1. The molecule has 1 aromatic carbocycles. The first kappa shape index (κ1) is 15.4. The van der Waals surface area contributed by atoms with Gasteiger partial charge in [0, 0.05) is 0 Å². The third kappa shape index (κ3) is 3.92. The molecule has 0 saturated carbocycles. The summed E-state index contributed by atoms with van der Waals surface area (Å²) in [4.78, 5) is 0. The molecule has 8 heteroatoms. The first-order valence-corrected chi connectivity index (χ1v) is 5.78. The van der Waals surface area contributed by atoms with Crippen LogP contribution in [0.3, 0.4) is 0 Å². The molecule has 19 heavy (non-hydrogen) atoms. The molecule has 1 unspecified atom stereocenters. The summed E-state index contributed by atoms with van der Waals surface area (Å²) in [5, 5.41) is 14.2. The summed E-state index contributed by atoms with van der Waals surface area (Å²) in [6.45, 7) is 1.77. The van der Waals surface area contributed by atoms with Gasteiger partial charge < -0.3 is 16.3 Å². The number of nitrogens with one attached hydrogen (secondary N) is 1. The molecule has 1 rings (SSSR count). The van der Waals surface area contributed by atoms with Crippen LogP contribution < -0.4 is 11.1 Å². The quantitative estimate of drug-likeness (QED) is 0.345. The highest BCUT2D eigenvalue weighted by Crippen LogP contribution is 2.34. The molecule has 4 N–H and O–H groups in total. The van der Waals surface area contributed by atoms with Gasteiger partial charge in [-0.2, -0.15) is 13.2 Å². The van der Waals surface area contributed by atoms with Gasteiger partial charge in [0.15, 0.2) is 5.84 Å². The Bertz CT molecular complexity index is 477. The number of alkyl halides is 3. The fourth-order valence-corrected chi connectivity index (χ4v) is 1.69. The zero-order valence-corrected chi connectivity index (χ0v) is 10.8. The van der Waals surface area contributed by atoms with Crippen LogP contribution >= 0.6 is 11.6 Å². The number of anilines is 1. The Morgan fingerprint density at radius 2 is 2.16 bits per heavy atom. The Kier molecular flexibility index (Phi) is 4.88. The number of halogens is 4. The molecule has 1 aromatic rings. The van der Waals surface area contributed by atoms with Crippen molar-refractivity contribution in [3.05, 3.63) is 28.8 Å². The molecule has 0 heterocycles. The van der Waals surface area contributed by atoms with Crippen molar-refractivity contribution in [3.8, 4) is 0 Å². The van der Waals surface area contributed by atoms with E-state index in [-0.39, 0.29) is 16.5 Å². The van der Waals surface area contributed by atoms with Gasteiger partial charge in [0.05, 0.1) is 22.3 Å². The fourth-order valence-electron chi connectivity index (χ4n) is 1.45. The molecule has 0 aliphatic rings. The van der Waals surface area contributed by atoms with E-state index >= 15 is 0 Å². The van der Waals surface area contributed by atoms with Gasteiger partial charge in [0.2, 0.25) is 0 Å². The average molecular weight is 296 g/mol. The molecule has 106 valence electrons. The Morgan fingerprint density at radius 1 is 1.53 bits per heavy atom. The third-order valence-corrected chi connectivity index (χ3v) is 2.82. The molecule has 0 aliphatic carbocycles. The molecule has 0 amide bonds. The summed E-state index contributed by atoms with van der Waals surface area (Å²) in [6.07, 6.45) is -3.97. The standard InChI is InChI=1S/C11H13ClF3N3O/c1-2-8(10(16)18-19)17-9-4-3-6(5-7(9)12)11(13,14)15/h3-5,8,17,19H,2H2,1H3,(H2,16,18). The van der Waals surface area contributed by atoms with Crippen LogP contribution in [0.15, 0.2) is 23.4 Å². The van der Waals surface area contributed by atoms with E-state index < -0.39 is 17.8 Å². The van der Waals surface area contributed by atoms with Crippen LogP contribution in [0.2, 0.25) is 5.02 Å². The second-order valence-electron chi connectivity index (χ2n) is 3.82. The molecule has 0 aromatic heterocycles. The summed E-state index contributed by atoms with van der Waals surface area (Å²) in [7, 11) is 0. The lowest BCUT2D eigenvalue weighted by Gasteiger charge is -2.18. The molecule has 0 radical (unpaired) electrons. The summed E-state index contributed by atoms with van der Waals surface area (Å²) >= 11 is 5.78. The van der Waals surface area contributed by atoms with Gasteiger partial charge in [-0.15, -0.1) is 0 Å². The van der Waals surface area contributed by atoms with Crippen molar-refractivity contribution in [2.24, 2.45) is 10.9 Å². The van der Waals surface area contributed by atoms with Crippen LogP contribution in [0.4, 0.5) is 18.9 Å². The molecule has 0 aliphatic heterocycles. The lowest BCUT2D eigenvalue weighted by atomic mass is 10.1. The van der Waals surface area contributed by atoms with E-state index in [1.54, 1.807) is 6.92 Å². The van der Waals surface area contributed by atoms with Crippen molar-refractivity contribution in [1.29, 1.82) is 0 Å². The van der Waals surface area contributed by atoms with Crippen molar-refractivity contribution >= 4 is 23.1 Å². The van der Waals surface area contributed by atoms with Gasteiger partial charge in [-0.1, -0.05) is 23.7 Å². The van der Waals surface area contributed by atoms with Crippen LogP contribution in [0.5, 0.6) is 0 Å². The number of amidine groups is 1. The molecule has 0 spiro atoms. The van der Waals surface area contributed by atoms with Gasteiger partial charge in [-0.3, -0.25) is 0 Å². The summed E-state index contributed by atoms with van der Waals surface area (Å²) in [5.74, 6) is -0.0709. The lowest BCUT2D eigenvalue weighted by molar-refractivity contribution is -0.137. The Labute approximate surface area is 113 Å². The first-order valence-electron chi connectivity index (χ1n) is 5.40.